The molecule has 5 heteroatoms. The predicted octanol–water partition coefficient (Wildman–Crippen LogP) is 2.49. The summed E-state index contributed by atoms with van der Waals surface area (Å²) in [6.07, 6.45) is 2.54. The average molecular weight is 273 g/mol. The minimum absolute atomic E-state index is 0.291. The number of aromatic amines is 1. The summed E-state index contributed by atoms with van der Waals surface area (Å²) in [5.41, 5.74) is 1.92. The number of imidazole rings is 1. The largest absolute Gasteiger partial charge is 0.478 e. The van der Waals surface area contributed by atoms with Crippen LogP contribution in [0.25, 0.3) is 11.0 Å². The van der Waals surface area contributed by atoms with E-state index in [1.807, 2.05) is 0 Å². The first-order valence-electron chi connectivity index (χ1n) is 7.06. The third-order valence-corrected chi connectivity index (χ3v) is 3.89. The zero-order valence-electron chi connectivity index (χ0n) is 11.6. The van der Waals surface area contributed by atoms with Crippen molar-refractivity contribution in [1.29, 1.82) is 0 Å². The minimum atomic E-state index is -0.909. The van der Waals surface area contributed by atoms with Gasteiger partial charge in [-0.1, -0.05) is 6.92 Å². The topological polar surface area (TPSA) is 69.2 Å². The van der Waals surface area contributed by atoms with Crippen LogP contribution in [-0.4, -0.2) is 39.0 Å². The molecule has 0 radical (unpaired) electrons. The second-order valence-corrected chi connectivity index (χ2v) is 5.70. The van der Waals surface area contributed by atoms with Crippen molar-refractivity contribution in [2.45, 2.75) is 26.3 Å². The van der Waals surface area contributed by atoms with Crippen molar-refractivity contribution in [3.05, 3.63) is 29.6 Å². The molecule has 0 saturated carbocycles. The Hall–Kier alpha value is -1.88. The van der Waals surface area contributed by atoms with Crippen LogP contribution in [0.4, 0.5) is 0 Å². The highest BCUT2D eigenvalue weighted by atomic mass is 16.4. The Bertz CT molecular complexity index is 635. The number of hydrogen-bond donors (Lipinski definition) is 2. The number of hydrogen-bond acceptors (Lipinski definition) is 3. The third-order valence-electron chi connectivity index (χ3n) is 3.89. The lowest BCUT2D eigenvalue weighted by atomic mass is 10.0. The van der Waals surface area contributed by atoms with Crippen LogP contribution in [0.15, 0.2) is 18.2 Å². The van der Waals surface area contributed by atoms with Crippen molar-refractivity contribution < 1.29 is 9.90 Å². The zero-order valence-corrected chi connectivity index (χ0v) is 11.6. The quantitative estimate of drug-likeness (QED) is 0.901. The first-order valence-corrected chi connectivity index (χ1v) is 7.06. The van der Waals surface area contributed by atoms with Gasteiger partial charge in [-0.2, -0.15) is 0 Å². The molecule has 106 valence electrons. The molecule has 5 nitrogen and oxygen atoms in total. The van der Waals surface area contributed by atoms with Gasteiger partial charge in [-0.15, -0.1) is 0 Å². The minimum Gasteiger partial charge on any atom is -0.478 e. The van der Waals surface area contributed by atoms with E-state index in [1.165, 1.54) is 12.8 Å². The summed E-state index contributed by atoms with van der Waals surface area (Å²) in [6.45, 7) is 5.31. The maximum absolute atomic E-state index is 11.0. The van der Waals surface area contributed by atoms with Crippen LogP contribution < -0.4 is 0 Å². The smallest absolute Gasteiger partial charge is 0.335 e. The van der Waals surface area contributed by atoms with Crippen LogP contribution >= 0.6 is 0 Å². The van der Waals surface area contributed by atoms with E-state index in [2.05, 4.69) is 21.8 Å². The summed E-state index contributed by atoms with van der Waals surface area (Å²) >= 11 is 0. The molecule has 1 atom stereocenters. The number of aromatic nitrogens is 2. The summed E-state index contributed by atoms with van der Waals surface area (Å²) < 4.78 is 0. The van der Waals surface area contributed by atoms with E-state index in [9.17, 15) is 4.79 Å². The zero-order chi connectivity index (χ0) is 14.1. The van der Waals surface area contributed by atoms with Crippen molar-refractivity contribution in [3.63, 3.8) is 0 Å². The van der Waals surface area contributed by atoms with E-state index in [0.29, 0.717) is 5.56 Å². The Morgan fingerprint density at radius 3 is 3.15 bits per heavy atom. The van der Waals surface area contributed by atoms with Crippen molar-refractivity contribution in [2.75, 3.05) is 13.1 Å². The molecule has 2 aromatic rings. The number of likely N-dealkylation sites (tertiary alicyclic amines) is 1. The number of nitrogens with one attached hydrogen (secondary N) is 1. The van der Waals surface area contributed by atoms with Crippen LogP contribution in [0, 0.1) is 5.92 Å². The van der Waals surface area contributed by atoms with Gasteiger partial charge in [0.1, 0.15) is 5.82 Å². The monoisotopic (exact) mass is 273 g/mol. The number of carboxylic acids is 1. The molecule has 1 fully saturated rings. The maximum Gasteiger partial charge on any atom is 0.335 e. The molecule has 3 rings (SSSR count). The Morgan fingerprint density at radius 1 is 1.55 bits per heavy atom. The Balaban J connectivity index is 1.80. The van der Waals surface area contributed by atoms with Crippen LogP contribution in [0.2, 0.25) is 0 Å². The molecular weight excluding hydrogens is 254 g/mol. The van der Waals surface area contributed by atoms with Crippen molar-refractivity contribution in [3.8, 4) is 0 Å². The number of H-pyrrole nitrogens is 1. The highest BCUT2D eigenvalue weighted by Crippen LogP contribution is 2.19. The Morgan fingerprint density at radius 2 is 2.40 bits per heavy atom. The van der Waals surface area contributed by atoms with Crippen molar-refractivity contribution in [2.24, 2.45) is 5.92 Å². The van der Waals surface area contributed by atoms with E-state index in [4.69, 9.17) is 5.11 Å². The fraction of sp³-hybridized carbons (Fsp3) is 0.467. The van der Waals surface area contributed by atoms with Gasteiger partial charge in [0.25, 0.3) is 0 Å². The lowest BCUT2D eigenvalue weighted by Gasteiger charge is -2.29. The normalized spacial score (nSPS) is 20.4. The van der Waals surface area contributed by atoms with E-state index < -0.39 is 5.97 Å². The van der Waals surface area contributed by atoms with Gasteiger partial charge in [0.15, 0.2) is 0 Å². The molecule has 1 aliphatic heterocycles. The summed E-state index contributed by atoms with van der Waals surface area (Å²) in [4.78, 5) is 21.1. The van der Waals surface area contributed by atoms with Crippen molar-refractivity contribution >= 4 is 17.0 Å². The average Bonchev–Trinajstić information content (AvgIpc) is 2.79. The summed E-state index contributed by atoms with van der Waals surface area (Å²) in [6, 6.07) is 5.00. The molecule has 2 N–H and O–H groups in total. The van der Waals surface area contributed by atoms with Gasteiger partial charge in [0.05, 0.1) is 23.1 Å². The Labute approximate surface area is 117 Å². The second-order valence-electron chi connectivity index (χ2n) is 5.70. The van der Waals surface area contributed by atoms with Gasteiger partial charge >= 0.3 is 5.97 Å². The number of fused-ring (bicyclic) bond motifs is 1. The molecule has 1 aromatic carbocycles. The molecule has 1 aromatic heterocycles. The van der Waals surface area contributed by atoms with Gasteiger partial charge < -0.3 is 10.1 Å². The molecule has 1 saturated heterocycles. The predicted molar refractivity (Wildman–Crippen MR) is 76.7 cm³/mol. The summed E-state index contributed by atoms with van der Waals surface area (Å²) in [7, 11) is 0. The van der Waals surface area contributed by atoms with Crippen LogP contribution in [0.5, 0.6) is 0 Å². The van der Waals surface area contributed by atoms with Gasteiger partial charge in [0, 0.05) is 6.54 Å². The van der Waals surface area contributed by atoms with Crippen molar-refractivity contribution in [1.82, 2.24) is 14.9 Å². The molecule has 20 heavy (non-hydrogen) atoms. The third kappa shape index (κ3) is 2.67. The van der Waals surface area contributed by atoms with Gasteiger partial charge in [-0.3, -0.25) is 4.90 Å². The summed E-state index contributed by atoms with van der Waals surface area (Å²) in [5.74, 6) is 0.747. The summed E-state index contributed by atoms with van der Waals surface area (Å²) in [5, 5.41) is 9.00. The molecule has 0 aliphatic carbocycles. The molecule has 0 amide bonds. The molecular formula is C15H19N3O2. The van der Waals surface area contributed by atoms with Gasteiger partial charge in [0.2, 0.25) is 0 Å². The molecule has 0 unspecified atom stereocenters. The highest BCUT2D eigenvalue weighted by molar-refractivity contribution is 5.92. The SMILES string of the molecule is C[C@@H]1CCCN(Cc2nc3ccc(C(=O)O)cc3[nH]2)C1. The lowest BCUT2D eigenvalue weighted by Crippen LogP contribution is -2.34. The number of benzene rings is 1. The standard InChI is InChI=1S/C15H19N3O2/c1-10-3-2-6-18(8-10)9-14-16-12-5-4-11(15(19)20)7-13(12)17-14/h4-5,7,10H,2-3,6,8-9H2,1H3,(H,16,17)(H,19,20)/t10-/m1/s1. The molecule has 1 aliphatic rings. The number of carboxylic acid groups (broad SMARTS) is 1. The van der Waals surface area contributed by atoms with E-state index >= 15 is 0 Å². The number of carbonyl (C=O) groups is 1. The van der Waals surface area contributed by atoms with Gasteiger partial charge in [-0.05, 0) is 43.5 Å². The number of aromatic carboxylic acids is 1. The molecule has 2 heterocycles. The van der Waals surface area contributed by atoms with E-state index in [1.54, 1.807) is 18.2 Å². The van der Waals surface area contributed by atoms with E-state index in [0.717, 1.165) is 42.4 Å². The first-order chi connectivity index (χ1) is 9.61. The fourth-order valence-corrected chi connectivity index (χ4v) is 2.91. The van der Waals surface area contributed by atoms with E-state index in [-0.39, 0.29) is 0 Å². The van der Waals surface area contributed by atoms with Crippen LogP contribution in [0.1, 0.15) is 35.9 Å². The highest BCUT2D eigenvalue weighted by Gasteiger charge is 2.17. The maximum atomic E-state index is 11.0. The first kappa shape index (κ1) is 13.1. The van der Waals surface area contributed by atoms with Crippen LogP contribution in [0.3, 0.4) is 0 Å². The van der Waals surface area contributed by atoms with Gasteiger partial charge in [-0.25, -0.2) is 9.78 Å². The number of nitrogens with zero attached hydrogens (tertiary/aromatic N) is 2. The molecule has 0 spiro atoms. The second kappa shape index (κ2) is 5.25. The Kier molecular flexibility index (Phi) is 3.44. The fourth-order valence-electron chi connectivity index (χ4n) is 2.91. The lowest BCUT2D eigenvalue weighted by molar-refractivity contribution is 0.0697. The van der Waals surface area contributed by atoms with Crippen LogP contribution in [-0.2, 0) is 6.54 Å². The number of rotatable bonds is 3. The molecule has 0 bridgehead atoms. The number of piperidine rings is 1.